The van der Waals surface area contributed by atoms with Crippen LogP contribution in [0.2, 0.25) is 5.02 Å². The van der Waals surface area contributed by atoms with Gasteiger partial charge in [0.2, 0.25) is 0 Å². The van der Waals surface area contributed by atoms with Gasteiger partial charge in [-0.2, -0.15) is 13.2 Å². The lowest BCUT2D eigenvalue weighted by Gasteiger charge is -2.15. The third-order valence-corrected chi connectivity index (χ3v) is 3.49. The van der Waals surface area contributed by atoms with Gasteiger partial charge in [-0.15, -0.1) is 0 Å². The van der Waals surface area contributed by atoms with Gasteiger partial charge in [-0.05, 0) is 41.5 Å². The summed E-state index contributed by atoms with van der Waals surface area (Å²) >= 11 is 9.01. The molecule has 0 saturated carbocycles. The van der Waals surface area contributed by atoms with Crippen LogP contribution < -0.4 is 0 Å². The van der Waals surface area contributed by atoms with Crippen LogP contribution in [0.25, 0.3) is 0 Å². The maximum absolute atomic E-state index is 13.2. The van der Waals surface area contributed by atoms with Crippen molar-refractivity contribution in [2.24, 2.45) is 0 Å². The Kier molecular flexibility index (Phi) is 4.60. The molecule has 0 fully saturated rings. The van der Waals surface area contributed by atoms with Crippen LogP contribution in [-0.2, 0) is 6.18 Å². The van der Waals surface area contributed by atoms with Crippen LogP contribution in [0.1, 0.15) is 22.8 Å². The van der Waals surface area contributed by atoms with Crippen molar-refractivity contribution in [2.75, 3.05) is 0 Å². The first-order valence-corrected chi connectivity index (χ1v) is 6.86. The van der Waals surface area contributed by atoms with Gasteiger partial charge in [-0.1, -0.05) is 33.6 Å². The Balaban J connectivity index is 2.46. The van der Waals surface area contributed by atoms with Gasteiger partial charge in [0.05, 0.1) is 5.56 Å². The molecule has 0 saturated heterocycles. The molecule has 0 radical (unpaired) electrons. The van der Waals surface area contributed by atoms with E-state index in [1.807, 2.05) is 0 Å². The second-order valence-corrected chi connectivity index (χ2v) is 5.69. The first-order valence-electron chi connectivity index (χ1n) is 5.69. The van der Waals surface area contributed by atoms with E-state index in [1.54, 1.807) is 6.07 Å². The number of hydrogen-bond donors (Lipinski definition) is 1. The molecule has 1 atom stereocenters. The number of alkyl halides is 3. The molecule has 21 heavy (non-hydrogen) atoms. The molecule has 0 aliphatic heterocycles. The van der Waals surface area contributed by atoms with E-state index in [9.17, 15) is 22.7 Å². The molecule has 2 aromatic rings. The molecule has 0 aromatic heterocycles. The predicted octanol–water partition coefficient (Wildman–Crippen LogP) is 5.34. The van der Waals surface area contributed by atoms with Crippen LogP contribution in [0.5, 0.6) is 0 Å². The quantitative estimate of drug-likeness (QED) is 0.694. The summed E-state index contributed by atoms with van der Waals surface area (Å²) in [6.45, 7) is 0. The second-order valence-electron chi connectivity index (χ2n) is 4.34. The Bertz CT molecular complexity index is 652. The van der Waals surface area contributed by atoms with Gasteiger partial charge in [-0.25, -0.2) is 4.39 Å². The molecule has 0 spiro atoms. The molecular formula is C14H8BrClF4O. The summed E-state index contributed by atoms with van der Waals surface area (Å²) in [5.41, 5.74) is -1.19. The van der Waals surface area contributed by atoms with Gasteiger partial charge >= 0.3 is 6.18 Å². The van der Waals surface area contributed by atoms with Crippen molar-refractivity contribution < 1.29 is 22.7 Å². The zero-order valence-corrected chi connectivity index (χ0v) is 12.6. The fourth-order valence-corrected chi connectivity index (χ4v) is 2.74. The highest BCUT2D eigenvalue weighted by atomic mass is 79.9. The maximum atomic E-state index is 13.2. The zero-order chi connectivity index (χ0) is 15.8. The number of aliphatic hydroxyl groups excluding tert-OH is 1. The van der Waals surface area contributed by atoms with Gasteiger partial charge in [-0.3, -0.25) is 0 Å². The lowest BCUT2D eigenvalue weighted by molar-refractivity contribution is -0.140. The lowest BCUT2D eigenvalue weighted by atomic mass is 9.99. The van der Waals surface area contributed by atoms with Crippen molar-refractivity contribution in [1.29, 1.82) is 0 Å². The van der Waals surface area contributed by atoms with E-state index in [1.165, 1.54) is 12.1 Å². The molecule has 7 heteroatoms. The van der Waals surface area contributed by atoms with Crippen LogP contribution in [-0.4, -0.2) is 5.11 Å². The van der Waals surface area contributed by atoms with Crippen molar-refractivity contribution in [3.8, 4) is 0 Å². The van der Waals surface area contributed by atoms with E-state index in [0.717, 1.165) is 6.07 Å². The molecule has 1 nitrogen and oxygen atoms in total. The average Bonchev–Trinajstić information content (AvgIpc) is 2.36. The summed E-state index contributed by atoms with van der Waals surface area (Å²) in [6, 6.07) is 6.89. The van der Waals surface area contributed by atoms with Crippen molar-refractivity contribution in [2.45, 2.75) is 12.3 Å². The SMILES string of the molecule is OC(c1cc(Cl)cc(Br)c1)c1ccc(F)c(C(F)(F)F)c1. The second kappa shape index (κ2) is 5.94. The summed E-state index contributed by atoms with van der Waals surface area (Å²) < 4.78 is 51.8. The number of benzene rings is 2. The zero-order valence-electron chi connectivity index (χ0n) is 10.3. The summed E-state index contributed by atoms with van der Waals surface area (Å²) in [4.78, 5) is 0. The molecule has 112 valence electrons. The minimum atomic E-state index is -4.82. The number of aliphatic hydroxyl groups is 1. The topological polar surface area (TPSA) is 20.2 Å². The number of halogens is 6. The largest absolute Gasteiger partial charge is 0.419 e. The molecule has 0 amide bonds. The van der Waals surface area contributed by atoms with Crippen molar-refractivity contribution >= 4 is 27.5 Å². The molecule has 0 heterocycles. The summed E-state index contributed by atoms with van der Waals surface area (Å²) in [7, 11) is 0. The Morgan fingerprint density at radius 1 is 1.05 bits per heavy atom. The smallest absolute Gasteiger partial charge is 0.384 e. The molecule has 0 aliphatic carbocycles. The molecule has 0 bridgehead atoms. The Hall–Kier alpha value is -1.11. The monoisotopic (exact) mass is 382 g/mol. The summed E-state index contributed by atoms with van der Waals surface area (Å²) in [6.07, 6.45) is -6.17. The standard InChI is InChI=1S/C14H8BrClF4O/c15-9-3-8(4-10(16)6-9)13(21)7-1-2-12(17)11(5-7)14(18,19)20/h1-6,13,21H. The predicted molar refractivity (Wildman–Crippen MR) is 74.6 cm³/mol. The van der Waals surface area contributed by atoms with E-state index in [-0.39, 0.29) is 5.56 Å². The van der Waals surface area contributed by atoms with Crippen molar-refractivity contribution in [3.05, 3.63) is 68.4 Å². The van der Waals surface area contributed by atoms with Gasteiger partial charge < -0.3 is 5.11 Å². The third kappa shape index (κ3) is 3.75. The van der Waals surface area contributed by atoms with E-state index in [4.69, 9.17) is 11.6 Å². The Labute approximate surface area is 131 Å². The Morgan fingerprint density at radius 3 is 2.29 bits per heavy atom. The molecular weight excluding hydrogens is 376 g/mol. The fourth-order valence-electron chi connectivity index (χ4n) is 1.86. The van der Waals surface area contributed by atoms with Crippen molar-refractivity contribution in [3.63, 3.8) is 0 Å². The van der Waals surface area contributed by atoms with Crippen LogP contribution in [0.15, 0.2) is 40.9 Å². The first-order chi connectivity index (χ1) is 9.68. The van der Waals surface area contributed by atoms with E-state index < -0.39 is 23.7 Å². The maximum Gasteiger partial charge on any atom is 0.419 e. The highest BCUT2D eigenvalue weighted by molar-refractivity contribution is 9.10. The van der Waals surface area contributed by atoms with Crippen LogP contribution >= 0.6 is 27.5 Å². The normalized spacial score (nSPS) is 13.3. The van der Waals surface area contributed by atoms with Crippen molar-refractivity contribution in [1.82, 2.24) is 0 Å². The first kappa shape index (κ1) is 16.3. The summed E-state index contributed by atoms with van der Waals surface area (Å²) in [5.74, 6) is -1.38. The van der Waals surface area contributed by atoms with E-state index in [0.29, 0.717) is 27.2 Å². The third-order valence-electron chi connectivity index (χ3n) is 2.81. The van der Waals surface area contributed by atoms with Gasteiger partial charge in [0.15, 0.2) is 0 Å². The summed E-state index contributed by atoms with van der Waals surface area (Å²) in [5, 5.41) is 10.5. The van der Waals surface area contributed by atoms with E-state index in [2.05, 4.69) is 15.9 Å². The van der Waals surface area contributed by atoms with Gasteiger partial charge in [0.25, 0.3) is 0 Å². The van der Waals surface area contributed by atoms with Gasteiger partial charge in [0.1, 0.15) is 11.9 Å². The van der Waals surface area contributed by atoms with Crippen LogP contribution in [0.3, 0.4) is 0 Å². The minimum absolute atomic E-state index is 0.0714. The van der Waals surface area contributed by atoms with E-state index >= 15 is 0 Å². The number of rotatable bonds is 2. The molecule has 1 unspecified atom stereocenters. The number of hydrogen-bond acceptors (Lipinski definition) is 1. The molecule has 2 aromatic carbocycles. The van der Waals surface area contributed by atoms with Crippen LogP contribution in [0, 0.1) is 5.82 Å². The fraction of sp³-hybridized carbons (Fsp3) is 0.143. The van der Waals surface area contributed by atoms with Crippen LogP contribution in [0.4, 0.5) is 17.6 Å². The average molecular weight is 384 g/mol. The Morgan fingerprint density at radius 2 is 1.71 bits per heavy atom. The van der Waals surface area contributed by atoms with Gasteiger partial charge in [0, 0.05) is 9.50 Å². The molecule has 2 rings (SSSR count). The molecule has 0 aliphatic rings. The lowest BCUT2D eigenvalue weighted by Crippen LogP contribution is -2.10. The highest BCUT2D eigenvalue weighted by Crippen LogP contribution is 2.35. The minimum Gasteiger partial charge on any atom is -0.384 e. The molecule has 1 N–H and O–H groups in total. The highest BCUT2D eigenvalue weighted by Gasteiger charge is 2.34.